The molecule has 2 aliphatic rings. The van der Waals surface area contributed by atoms with Gasteiger partial charge in [0.05, 0.1) is 10.3 Å². The van der Waals surface area contributed by atoms with Gasteiger partial charge in [0.15, 0.2) is 9.84 Å². The van der Waals surface area contributed by atoms with E-state index < -0.39 is 15.3 Å². The molecular weight excluding hydrogens is 318 g/mol. The molecule has 1 amide bonds. The van der Waals surface area contributed by atoms with Gasteiger partial charge in [-0.3, -0.25) is 4.79 Å². The number of amides is 1. The SMILES string of the molecule is CS(=O)(=O)c1ccc(C2(C(=O)N3CCSCC3)CCC2)cc1. The number of sulfone groups is 1. The molecule has 6 heteroatoms. The van der Waals surface area contributed by atoms with Gasteiger partial charge in [-0.25, -0.2) is 8.42 Å². The van der Waals surface area contributed by atoms with Crippen molar-refractivity contribution in [1.29, 1.82) is 0 Å². The van der Waals surface area contributed by atoms with E-state index in [4.69, 9.17) is 0 Å². The fourth-order valence-corrected chi connectivity index (χ4v) is 4.78. The first-order valence-electron chi connectivity index (χ1n) is 7.61. The normalized spacial score (nSPS) is 21.2. The third-order valence-electron chi connectivity index (χ3n) is 4.75. The third-order valence-corrected chi connectivity index (χ3v) is 6.82. The van der Waals surface area contributed by atoms with Crippen molar-refractivity contribution >= 4 is 27.5 Å². The Balaban J connectivity index is 1.88. The first kappa shape index (κ1) is 15.9. The maximum atomic E-state index is 13.0. The minimum absolute atomic E-state index is 0.228. The summed E-state index contributed by atoms with van der Waals surface area (Å²) in [5.74, 6) is 2.25. The number of carbonyl (C=O) groups excluding carboxylic acids is 1. The van der Waals surface area contributed by atoms with Crippen molar-refractivity contribution in [2.45, 2.75) is 29.6 Å². The summed E-state index contributed by atoms with van der Waals surface area (Å²) >= 11 is 1.89. The highest BCUT2D eigenvalue weighted by Gasteiger charge is 2.47. The quantitative estimate of drug-likeness (QED) is 0.846. The predicted octanol–water partition coefficient (Wildman–Crippen LogP) is 2.09. The minimum Gasteiger partial charge on any atom is -0.340 e. The summed E-state index contributed by atoms with van der Waals surface area (Å²) in [5, 5.41) is 0. The smallest absolute Gasteiger partial charge is 0.233 e. The number of rotatable bonds is 3. The van der Waals surface area contributed by atoms with E-state index in [-0.39, 0.29) is 5.91 Å². The molecule has 1 aliphatic heterocycles. The molecule has 4 nitrogen and oxygen atoms in total. The Hall–Kier alpha value is -1.01. The third kappa shape index (κ3) is 2.78. The molecule has 0 bridgehead atoms. The van der Waals surface area contributed by atoms with Crippen molar-refractivity contribution < 1.29 is 13.2 Å². The summed E-state index contributed by atoms with van der Waals surface area (Å²) in [6.45, 7) is 1.65. The Bertz CT molecular complexity index is 657. The van der Waals surface area contributed by atoms with Crippen molar-refractivity contribution in [3.63, 3.8) is 0 Å². The fraction of sp³-hybridized carbons (Fsp3) is 0.562. The van der Waals surface area contributed by atoms with Gasteiger partial charge in [-0.15, -0.1) is 0 Å². The molecule has 0 atom stereocenters. The number of thioether (sulfide) groups is 1. The molecule has 1 saturated carbocycles. The Labute approximate surface area is 136 Å². The lowest BCUT2D eigenvalue weighted by atomic mass is 9.63. The number of hydrogen-bond acceptors (Lipinski definition) is 4. The number of benzene rings is 1. The number of carbonyl (C=O) groups is 1. The Morgan fingerprint density at radius 3 is 2.18 bits per heavy atom. The van der Waals surface area contributed by atoms with Crippen LogP contribution in [0.3, 0.4) is 0 Å². The molecule has 1 heterocycles. The van der Waals surface area contributed by atoms with Crippen LogP contribution in [-0.2, 0) is 20.0 Å². The summed E-state index contributed by atoms with van der Waals surface area (Å²) in [4.78, 5) is 15.3. The average Bonchev–Trinajstić information content (AvgIpc) is 2.46. The highest BCUT2D eigenvalue weighted by molar-refractivity contribution is 7.99. The monoisotopic (exact) mass is 339 g/mol. The van der Waals surface area contributed by atoms with Crippen LogP contribution in [0.5, 0.6) is 0 Å². The molecule has 22 heavy (non-hydrogen) atoms. The highest BCUT2D eigenvalue weighted by atomic mass is 32.2. The van der Waals surface area contributed by atoms with E-state index in [2.05, 4.69) is 0 Å². The lowest BCUT2D eigenvalue weighted by Gasteiger charge is -2.44. The molecule has 2 fully saturated rings. The maximum Gasteiger partial charge on any atom is 0.233 e. The average molecular weight is 339 g/mol. The van der Waals surface area contributed by atoms with Crippen LogP contribution < -0.4 is 0 Å². The molecule has 0 unspecified atom stereocenters. The van der Waals surface area contributed by atoms with Crippen molar-refractivity contribution in [2.24, 2.45) is 0 Å². The summed E-state index contributed by atoms with van der Waals surface area (Å²) < 4.78 is 23.2. The van der Waals surface area contributed by atoms with E-state index in [9.17, 15) is 13.2 Å². The van der Waals surface area contributed by atoms with Crippen molar-refractivity contribution in [1.82, 2.24) is 4.90 Å². The topological polar surface area (TPSA) is 54.5 Å². The van der Waals surface area contributed by atoms with Crippen molar-refractivity contribution in [2.75, 3.05) is 30.9 Å². The number of hydrogen-bond donors (Lipinski definition) is 0. The van der Waals surface area contributed by atoms with Gasteiger partial charge in [-0.05, 0) is 30.5 Å². The lowest BCUT2D eigenvalue weighted by molar-refractivity contribution is -0.140. The minimum atomic E-state index is -3.19. The van der Waals surface area contributed by atoms with E-state index in [0.29, 0.717) is 4.90 Å². The van der Waals surface area contributed by atoms with Crippen molar-refractivity contribution in [3.8, 4) is 0 Å². The van der Waals surface area contributed by atoms with Crippen LogP contribution in [0.25, 0.3) is 0 Å². The zero-order valence-corrected chi connectivity index (χ0v) is 14.4. The van der Waals surface area contributed by atoms with Gasteiger partial charge in [0.2, 0.25) is 5.91 Å². The molecule has 0 radical (unpaired) electrons. The zero-order chi connectivity index (χ0) is 15.8. The second-order valence-corrected chi connectivity index (χ2v) is 9.38. The Morgan fingerprint density at radius 2 is 1.73 bits per heavy atom. The molecule has 0 N–H and O–H groups in total. The van der Waals surface area contributed by atoms with Crippen LogP contribution >= 0.6 is 11.8 Å². The van der Waals surface area contributed by atoms with Gasteiger partial charge < -0.3 is 4.90 Å². The number of nitrogens with zero attached hydrogens (tertiary/aromatic N) is 1. The molecule has 1 aliphatic carbocycles. The molecule has 1 saturated heterocycles. The fourth-order valence-electron chi connectivity index (χ4n) is 3.25. The van der Waals surface area contributed by atoms with Crippen LogP contribution in [0.4, 0.5) is 0 Å². The summed E-state index contributed by atoms with van der Waals surface area (Å²) in [6.07, 6.45) is 4.00. The molecule has 1 aromatic rings. The van der Waals surface area contributed by atoms with Crippen LogP contribution in [-0.4, -0.2) is 50.1 Å². The maximum absolute atomic E-state index is 13.0. The molecule has 0 aromatic heterocycles. The molecule has 1 aromatic carbocycles. The standard InChI is InChI=1S/C16H21NO3S2/c1-22(19,20)14-5-3-13(4-6-14)16(7-2-8-16)15(18)17-9-11-21-12-10-17/h3-6H,2,7-12H2,1H3. The predicted molar refractivity (Wildman–Crippen MR) is 89.0 cm³/mol. The van der Waals surface area contributed by atoms with E-state index in [1.54, 1.807) is 12.1 Å². The largest absolute Gasteiger partial charge is 0.340 e. The summed E-state index contributed by atoms with van der Waals surface area (Å²) in [7, 11) is -3.19. The van der Waals surface area contributed by atoms with Crippen LogP contribution in [0, 0.1) is 0 Å². The van der Waals surface area contributed by atoms with E-state index in [1.165, 1.54) is 6.26 Å². The van der Waals surface area contributed by atoms with Gasteiger partial charge in [0, 0.05) is 30.9 Å². The zero-order valence-electron chi connectivity index (χ0n) is 12.7. The van der Waals surface area contributed by atoms with Gasteiger partial charge in [0.1, 0.15) is 0 Å². The molecular formula is C16H21NO3S2. The van der Waals surface area contributed by atoms with Gasteiger partial charge >= 0.3 is 0 Å². The van der Waals surface area contributed by atoms with E-state index in [0.717, 1.165) is 49.4 Å². The van der Waals surface area contributed by atoms with Crippen molar-refractivity contribution in [3.05, 3.63) is 29.8 Å². The van der Waals surface area contributed by atoms with Gasteiger partial charge in [-0.2, -0.15) is 11.8 Å². The second-order valence-electron chi connectivity index (χ2n) is 6.14. The highest BCUT2D eigenvalue weighted by Crippen LogP contribution is 2.45. The van der Waals surface area contributed by atoms with Gasteiger partial charge in [-0.1, -0.05) is 18.6 Å². The Kier molecular flexibility index (Phi) is 4.25. The van der Waals surface area contributed by atoms with Crippen LogP contribution in [0.1, 0.15) is 24.8 Å². The van der Waals surface area contributed by atoms with E-state index in [1.807, 2.05) is 28.8 Å². The first-order valence-corrected chi connectivity index (χ1v) is 10.7. The summed E-state index contributed by atoms with van der Waals surface area (Å²) in [5.41, 5.74) is 0.548. The van der Waals surface area contributed by atoms with Crippen LogP contribution in [0.15, 0.2) is 29.2 Å². The summed E-state index contributed by atoms with van der Waals surface area (Å²) in [6, 6.07) is 6.91. The molecule has 0 spiro atoms. The molecule has 3 rings (SSSR count). The first-order chi connectivity index (χ1) is 10.4. The lowest BCUT2D eigenvalue weighted by Crippen LogP contribution is -2.53. The second kappa shape index (κ2) is 5.89. The molecule has 120 valence electrons. The van der Waals surface area contributed by atoms with Crippen LogP contribution in [0.2, 0.25) is 0 Å². The van der Waals surface area contributed by atoms with E-state index >= 15 is 0 Å². The van der Waals surface area contributed by atoms with Gasteiger partial charge in [0.25, 0.3) is 0 Å². The Morgan fingerprint density at radius 1 is 1.14 bits per heavy atom.